The van der Waals surface area contributed by atoms with Crippen LogP contribution in [0.2, 0.25) is 0 Å². The minimum atomic E-state index is -0.241. The zero-order chi connectivity index (χ0) is 26.0. The van der Waals surface area contributed by atoms with Gasteiger partial charge in [0.2, 0.25) is 5.95 Å². The number of aryl methyl sites for hydroxylation is 1. The number of hydrogen-bond donors (Lipinski definition) is 3. The Morgan fingerprint density at radius 2 is 2.08 bits per heavy atom. The minimum absolute atomic E-state index is 0.135. The summed E-state index contributed by atoms with van der Waals surface area (Å²) >= 11 is 0. The standard InChI is InChI=1S/C26H32N10O/c1-5-35-15-19(14-29-35)30-25-28-11-9-21(32-25)17-6-7-20-18(12-17)13-27-10-8-22(20)31-24(37)23-16-36(34-33-23)26(2,3)4/h6-7,9,11-12,14-16,22,27H,5,8,10,13H2,1-4H3,(H,31,37)(H,28,30,32). The number of nitrogens with zero attached hydrogens (tertiary/aromatic N) is 7. The average molecular weight is 501 g/mol. The molecule has 0 aliphatic carbocycles. The van der Waals surface area contributed by atoms with Crippen molar-refractivity contribution in [1.29, 1.82) is 0 Å². The van der Waals surface area contributed by atoms with Gasteiger partial charge in [0.1, 0.15) is 0 Å². The SMILES string of the molecule is CCn1cc(Nc2nccc(-c3ccc4c(c3)CNCCC4NC(=O)c3cn(C(C)(C)C)nn3)n2)cn1. The van der Waals surface area contributed by atoms with E-state index in [2.05, 4.69) is 48.5 Å². The lowest BCUT2D eigenvalue weighted by atomic mass is 9.96. The number of carbonyl (C=O) groups excluding carboxylic acids is 1. The van der Waals surface area contributed by atoms with Crippen LogP contribution in [0.3, 0.4) is 0 Å². The van der Waals surface area contributed by atoms with Gasteiger partial charge in [0.25, 0.3) is 5.91 Å². The number of carbonyl (C=O) groups is 1. The lowest BCUT2D eigenvalue weighted by molar-refractivity contribution is 0.0930. The van der Waals surface area contributed by atoms with Gasteiger partial charge >= 0.3 is 0 Å². The zero-order valence-electron chi connectivity index (χ0n) is 21.6. The molecule has 0 fully saturated rings. The molecule has 5 rings (SSSR count). The predicted molar refractivity (Wildman–Crippen MR) is 140 cm³/mol. The number of nitrogens with one attached hydrogen (secondary N) is 3. The maximum atomic E-state index is 13.0. The van der Waals surface area contributed by atoms with Gasteiger partial charge in [-0.3, -0.25) is 9.48 Å². The molecule has 1 unspecified atom stereocenters. The van der Waals surface area contributed by atoms with Crippen molar-refractivity contribution in [2.24, 2.45) is 0 Å². The topological polar surface area (TPSA) is 127 Å². The molecule has 3 aromatic heterocycles. The van der Waals surface area contributed by atoms with Crippen molar-refractivity contribution < 1.29 is 4.79 Å². The molecule has 11 heteroatoms. The maximum Gasteiger partial charge on any atom is 0.273 e. The van der Waals surface area contributed by atoms with Crippen molar-refractivity contribution in [1.82, 2.24) is 45.4 Å². The van der Waals surface area contributed by atoms with Crippen molar-refractivity contribution in [3.63, 3.8) is 0 Å². The lowest BCUT2D eigenvalue weighted by Gasteiger charge is -2.19. The molecule has 1 aliphatic heterocycles. The molecule has 4 aromatic rings. The molecule has 0 saturated heterocycles. The summed E-state index contributed by atoms with van der Waals surface area (Å²) in [6.45, 7) is 10.4. The maximum absolute atomic E-state index is 13.0. The van der Waals surface area contributed by atoms with E-state index in [1.165, 1.54) is 0 Å². The molecule has 3 N–H and O–H groups in total. The van der Waals surface area contributed by atoms with E-state index in [1.807, 2.05) is 50.7 Å². The highest BCUT2D eigenvalue weighted by atomic mass is 16.2. The smallest absolute Gasteiger partial charge is 0.273 e. The molecule has 11 nitrogen and oxygen atoms in total. The summed E-state index contributed by atoms with van der Waals surface area (Å²) in [5.41, 5.74) is 4.92. The summed E-state index contributed by atoms with van der Waals surface area (Å²) in [6.07, 6.45) is 7.89. The van der Waals surface area contributed by atoms with E-state index in [9.17, 15) is 4.79 Å². The second-order valence-corrected chi connectivity index (χ2v) is 10.1. The van der Waals surface area contributed by atoms with Crippen LogP contribution in [0.25, 0.3) is 11.3 Å². The summed E-state index contributed by atoms with van der Waals surface area (Å²) in [6, 6.07) is 8.01. The van der Waals surface area contributed by atoms with Crippen molar-refractivity contribution >= 4 is 17.5 Å². The summed E-state index contributed by atoms with van der Waals surface area (Å²) < 4.78 is 3.55. The minimum Gasteiger partial charge on any atom is -0.344 e. The molecular formula is C26H32N10O. The van der Waals surface area contributed by atoms with Crippen LogP contribution in [-0.2, 0) is 18.6 Å². The van der Waals surface area contributed by atoms with Gasteiger partial charge in [-0.25, -0.2) is 14.6 Å². The van der Waals surface area contributed by atoms with E-state index >= 15 is 0 Å². The van der Waals surface area contributed by atoms with Gasteiger partial charge in [0.15, 0.2) is 5.69 Å². The Morgan fingerprint density at radius 1 is 1.22 bits per heavy atom. The number of hydrogen-bond acceptors (Lipinski definition) is 8. The Balaban J connectivity index is 1.35. The summed E-state index contributed by atoms with van der Waals surface area (Å²) in [5.74, 6) is 0.282. The Hall–Kier alpha value is -4.12. The fourth-order valence-corrected chi connectivity index (χ4v) is 4.27. The molecule has 4 heterocycles. The highest BCUT2D eigenvalue weighted by molar-refractivity contribution is 5.92. The molecule has 1 aliphatic rings. The van der Waals surface area contributed by atoms with E-state index in [0.717, 1.165) is 47.6 Å². The summed E-state index contributed by atoms with van der Waals surface area (Å²) in [7, 11) is 0. The summed E-state index contributed by atoms with van der Waals surface area (Å²) in [4.78, 5) is 22.1. The van der Waals surface area contributed by atoms with Gasteiger partial charge in [-0.1, -0.05) is 17.3 Å². The first-order valence-electron chi connectivity index (χ1n) is 12.5. The first kappa shape index (κ1) is 24.6. The Morgan fingerprint density at radius 3 is 2.84 bits per heavy atom. The van der Waals surface area contributed by atoms with E-state index in [-0.39, 0.29) is 17.5 Å². The first-order chi connectivity index (χ1) is 17.8. The molecule has 1 aromatic carbocycles. The molecular weight excluding hydrogens is 468 g/mol. The van der Waals surface area contributed by atoms with E-state index in [1.54, 1.807) is 23.3 Å². The molecule has 0 saturated carbocycles. The normalized spacial score (nSPS) is 15.6. The van der Waals surface area contributed by atoms with Gasteiger partial charge in [0, 0.05) is 31.0 Å². The number of anilines is 2. The van der Waals surface area contributed by atoms with Crippen LogP contribution >= 0.6 is 0 Å². The second-order valence-electron chi connectivity index (χ2n) is 10.1. The van der Waals surface area contributed by atoms with Crippen LogP contribution in [0.15, 0.2) is 49.1 Å². The van der Waals surface area contributed by atoms with Crippen LogP contribution in [0.1, 0.15) is 61.8 Å². The van der Waals surface area contributed by atoms with Crippen LogP contribution in [0.5, 0.6) is 0 Å². The lowest BCUT2D eigenvalue weighted by Crippen LogP contribution is -2.30. The van der Waals surface area contributed by atoms with Gasteiger partial charge in [-0.15, -0.1) is 5.10 Å². The number of rotatable bonds is 6. The van der Waals surface area contributed by atoms with Crippen LogP contribution in [0, 0.1) is 0 Å². The van der Waals surface area contributed by atoms with Crippen LogP contribution in [0.4, 0.5) is 11.6 Å². The fourth-order valence-electron chi connectivity index (χ4n) is 4.27. The quantitative estimate of drug-likeness (QED) is 0.368. The molecule has 0 spiro atoms. The molecule has 1 atom stereocenters. The summed E-state index contributed by atoms with van der Waals surface area (Å²) in [5, 5.41) is 22.3. The van der Waals surface area contributed by atoms with E-state index in [4.69, 9.17) is 4.98 Å². The first-order valence-corrected chi connectivity index (χ1v) is 12.5. The average Bonchev–Trinajstić information content (AvgIpc) is 3.52. The highest BCUT2D eigenvalue weighted by Crippen LogP contribution is 2.29. The van der Waals surface area contributed by atoms with Crippen molar-refractivity contribution in [3.05, 3.63) is 65.9 Å². The molecule has 1 amide bonds. The molecule has 0 bridgehead atoms. The number of benzene rings is 1. The van der Waals surface area contributed by atoms with Gasteiger partial charge in [-0.2, -0.15) is 5.10 Å². The fraction of sp³-hybridized carbons (Fsp3) is 0.385. The molecule has 37 heavy (non-hydrogen) atoms. The van der Waals surface area contributed by atoms with Crippen molar-refractivity contribution in [3.8, 4) is 11.3 Å². The number of aromatic nitrogens is 7. The Bertz CT molecular complexity index is 1400. The third-order valence-electron chi connectivity index (χ3n) is 6.33. The highest BCUT2D eigenvalue weighted by Gasteiger charge is 2.24. The molecule has 192 valence electrons. The van der Waals surface area contributed by atoms with Gasteiger partial charge in [0.05, 0.1) is 35.4 Å². The third-order valence-corrected chi connectivity index (χ3v) is 6.33. The van der Waals surface area contributed by atoms with Crippen LogP contribution < -0.4 is 16.0 Å². The monoisotopic (exact) mass is 500 g/mol. The van der Waals surface area contributed by atoms with Gasteiger partial charge in [-0.05, 0) is 63.9 Å². The Kier molecular flexibility index (Phi) is 6.70. The largest absolute Gasteiger partial charge is 0.344 e. The number of amides is 1. The van der Waals surface area contributed by atoms with Crippen molar-refractivity contribution in [2.75, 3.05) is 11.9 Å². The van der Waals surface area contributed by atoms with E-state index < -0.39 is 0 Å². The second kappa shape index (κ2) is 10.1. The predicted octanol–water partition coefficient (Wildman–Crippen LogP) is 3.41. The van der Waals surface area contributed by atoms with Crippen molar-refractivity contribution in [2.45, 2.75) is 58.8 Å². The Labute approximate surface area is 215 Å². The third kappa shape index (κ3) is 5.51. The molecule has 0 radical (unpaired) electrons. The van der Waals surface area contributed by atoms with Gasteiger partial charge < -0.3 is 16.0 Å². The van der Waals surface area contributed by atoms with Crippen LogP contribution in [-0.4, -0.2) is 47.2 Å². The van der Waals surface area contributed by atoms with E-state index in [0.29, 0.717) is 18.2 Å². The zero-order valence-corrected chi connectivity index (χ0v) is 21.6. The number of fused-ring (bicyclic) bond motifs is 1.